The van der Waals surface area contributed by atoms with Gasteiger partial charge in [0.25, 0.3) is 0 Å². The third kappa shape index (κ3) is 4.40. The first kappa shape index (κ1) is 19.2. The topological polar surface area (TPSA) is 59.0 Å². The van der Waals surface area contributed by atoms with Crippen LogP contribution in [0.4, 0.5) is 20.6 Å². The van der Waals surface area contributed by atoms with Crippen molar-refractivity contribution in [3.63, 3.8) is 0 Å². The molecule has 3 aromatic rings. The second-order valence-electron chi connectivity index (χ2n) is 5.99. The highest BCUT2D eigenvalue weighted by atomic mass is 35.5. The van der Waals surface area contributed by atoms with Gasteiger partial charge in [-0.2, -0.15) is 5.10 Å². The Morgan fingerprint density at radius 1 is 1.15 bits per heavy atom. The predicted molar refractivity (Wildman–Crippen MR) is 106 cm³/mol. The van der Waals surface area contributed by atoms with Gasteiger partial charge in [0.2, 0.25) is 0 Å². The number of urea groups is 1. The molecule has 0 fully saturated rings. The van der Waals surface area contributed by atoms with E-state index in [0.717, 1.165) is 0 Å². The van der Waals surface area contributed by atoms with Gasteiger partial charge >= 0.3 is 6.03 Å². The Hall–Kier alpha value is -2.57. The molecule has 2 amide bonds. The van der Waals surface area contributed by atoms with Gasteiger partial charge in [0.1, 0.15) is 5.82 Å². The molecule has 140 valence electrons. The highest BCUT2D eigenvalue weighted by Gasteiger charge is 2.16. The van der Waals surface area contributed by atoms with E-state index in [4.69, 9.17) is 23.2 Å². The number of nitrogens with one attached hydrogen (secondary N) is 2. The van der Waals surface area contributed by atoms with Crippen LogP contribution in [0.3, 0.4) is 0 Å². The van der Waals surface area contributed by atoms with Crippen LogP contribution < -0.4 is 10.6 Å². The summed E-state index contributed by atoms with van der Waals surface area (Å²) in [6, 6.07) is 10.9. The molecule has 0 unspecified atom stereocenters. The molecule has 2 N–H and O–H groups in total. The lowest BCUT2D eigenvalue weighted by Gasteiger charge is -2.10. The van der Waals surface area contributed by atoms with E-state index < -0.39 is 11.8 Å². The van der Waals surface area contributed by atoms with Crippen LogP contribution in [0.2, 0.25) is 10.0 Å². The zero-order valence-corrected chi connectivity index (χ0v) is 16.2. The van der Waals surface area contributed by atoms with Gasteiger partial charge in [0, 0.05) is 21.3 Å². The number of hydrogen-bond donors (Lipinski definition) is 2. The molecule has 5 nitrogen and oxygen atoms in total. The van der Waals surface area contributed by atoms with Crippen LogP contribution in [0.1, 0.15) is 17.0 Å². The number of aromatic nitrogens is 2. The molecule has 0 saturated heterocycles. The third-order valence-electron chi connectivity index (χ3n) is 4.07. The van der Waals surface area contributed by atoms with Gasteiger partial charge in [-0.1, -0.05) is 35.3 Å². The van der Waals surface area contributed by atoms with Crippen molar-refractivity contribution in [2.75, 3.05) is 10.6 Å². The van der Waals surface area contributed by atoms with Crippen LogP contribution in [0, 0.1) is 19.7 Å². The molecule has 0 atom stereocenters. The Labute approximate surface area is 166 Å². The Bertz CT molecular complexity index is 983. The quantitative estimate of drug-likeness (QED) is 0.588. The molecule has 1 heterocycles. The molecule has 3 rings (SSSR count). The molecule has 1 aromatic heterocycles. The smallest absolute Gasteiger partial charge is 0.308 e. The number of nitrogens with zero attached hydrogens (tertiary/aromatic N) is 2. The van der Waals surface area contributed by atoms with Crippen molar-refractivity contribution in [2.24, 2.45) is 0 Å². The minimum absolute atomic E-state index is 0.162. The lowest BCUT2D eigenvalue weighted by Crippen LogP contribution is -2.20. The zero-order chi connectivity index (χ0) is 19.6. The summed E-state index contributed by atoms with van der Waals surface area (Å²) in [5, 5.41) is 10.7. The number of halogens is 3. The lowest BCUT2D eigenvalue weighted by molar-refractivity contribution is 0.262. The maximum atomic E-state index is 14.0. The van der Waals surface area contributed by atoms with Crippen molar-refractivity contribution >= 4 is 40.6 Å². The first-order chi connectivity index (χ1) is 12.8. The Morgan fingerprint density at radius 3 is 2.59 bits per heavy atom. The van der Waals surface area contributed by atoms with Crippen LogP contribution in [0.25, 0.3) is 0 Å². The first-order valence-electron chi connectivity index (χ1n) is 8.15. The summed E-state index contributed by atoms with van der Waals surface area (Å²) < 4.78 is 15.6. The summed E-state index contributed by atoms with van der Waals surface area (Å²) in [7, 11) is 0. The number of rotatable bonds is 4. The van der Waals surface area contributed by atoms with Gasteiger partial charge in [-0.3, -0.25) is 4.68 Å². The fourth-order valence-electron chi connectivity index (χ4n) is 2.71. The molecule has 0 radical (unpaired) electrons. The second kappa shape index (κ2) is 7.98. The Balaban J connectivity index is 1.78. The van der Waals surface area contributed by atoms with E-state index in [9.17, 15) is 9.18 Å². The molecular formula is C19H17Cl2FN4O. The highest BCUT2D eigenvalue weighted by Crippen LogP contribution is 2.25. The van der Waals surface area contributed by atoms with Crippen molar-refractivity contribution in [1.82, 2.24) is 9.78 Å². The zero-order valence-electron chi connectivity index (χ0n) is 14.7. The van der Waals surface area contributed by atoms with Crippen LogP contribution in [-0.2, 0) is 6.54 Å². The van der Waals surface area contributed by atoms with Crippen LogP contribution in [0.15, 0.2) is 42.5 Å². The predicted octanol–water partition coefficient (Wildman–Crippen LogP) is 5.64. The molecule has 0 aliphatic carbocycles. The van der Waals surface area contributed by atoms with Crippen molar-refractivity contribution in [3.05, 3.63) is 75.3 Å². The minimum atomic E-state index is -0.424. The van der Waals surface area contributed by atoms with E-state index in [-0.39, 0.29) is 6.54 Å². The van der Waals surface area contributed by atoms with E-state index in [1.807, 2.05) is 0 Å². The number of carbonyl (C=O) groups is 1. The maximum Gasteiger partial charge on any atom is 0.323 e. The summed E-state index contributed by atoms with van der Waals surface area (Å²) in [6.07, 6.45) is 0. The van der Waals surface area contributed by atoms with Gasteiger partial charge in [-0.25, -0.2) is 9.18 Å². The number of hydrogen-bond acceptors (Lipinski definition) is 2. The van der Waals surface area contributed by atoms with Crippen molar-refractivity contribution < 1.29 is 9.18 Å². The highest BCUT2D eigenvalue weighted by molar-refractivity contribution is 6.31. The van der Waals surface area contributed by atoms with Gasteiger partial charge < -0.3 is 10.6 Å². The van der Waals surface area contributed by atoms with Crippen LogP contribution in [0.5, 0.6) is 0 Å². The molecule has 0 aliphatic rings. The summed E-state index contributed by atoms with van der Waals surface area (Å²) in [5.74, 6) is -0.400. The van der Waals surface area contributed by atoms with Gasteiger partial charge in [-0.05, 0) is 44.2 Å². The van der Waals surface area contributed by atoms with E-state index in [1.165, 1.54) is 6.07 Å². The van der Waals surface area contributed by atoms with E-state index in [2.05, 4.69) is 15.7 Å². The number of amides is 2. The van der Waals surface area contributed by atoms with Gasteiger partial charge in [-0.15, -0.1) is 0 Å². The molecule has 8 heteroatoms. The third-order valence-corrected chi connectivity index (χ3v) is 4.66. The van der Waals surface area contributed by atoms with Crippen LogP contribution >= 0.6 is 23.2 Å². The van der Waals surface area contributed by atoms with E-state index in [0.29, 0.717) is 38.4 Å². The first-order valence-corrected chi connectivity index (χ1v) is 8.91. The fourth-order valence-corrected chi connectivity index (χ4v) is 3.12. The monoisotopic (exact) mass is 406 g/mol. The minimum Gasteiger partial charge on any atom is -0.308 e. The average Bonchev–Trinajstić information content (AvgIpc) is 2.86. The molecule has 27 heavy (non-hydrogen) atoms. The molecule has 0 aliphatic heterocycles. The largest absolute Gasteiger partial charge is 0.323 e. The van der Waals surface area contributed by atoms with Crippen molar-refractivity contribution in [1.29, 1.82) is 0 Å². The molecular weight excluding hydrogens is 390 g/mol. The maximum absolute atomic E-state index is 14.0. The second-order valence-corrected chi connectivity index (χ2v) is 6.84. The number of benzene rings is 2. The summed E-state index contributed by atoms with van der Waals surface area (Å²) in [6.45, 7) is 3.72. The number of carbonyl (C=O) groups excluding carboxylic acids is 1. The lowest BCUT2D eigenvalue weighted by atomic mass is 10.2. The van der Waals surface area contributed by atoms with Gasteiger partial charge in [0.15, 0.2) is 0 Å². The summed E-state index contributed by atoms with van der Waals surface area (Å²) >= 11 is 12.0. The van der Waals surface area contributed by atoms with Crippen LogP contribution in [-0.4, -0.2) is 15.8 Å². The van der Waals surface area contributed by atoms with E-state index >= 15 is 0 Å². The van der Waals surface area contributed by atoms with Gasteiger partial charge in [0.05, 0.1) is 23.6 Å². The number of anilines is 2. The average molecular weight is 407 g/mol. The van der Waals surface area contributed by atoms with Crippen molar-refractivity contribution in [3.8, 4) is 0 Å². The Morgan fingerprint density at radius 2 is 1.89 bits per heavy atom. The molecule has 0 saturated carbocycles. The molecule has 2 aromatic carbocycles. The summed E-state index contributed by atoms with van der Waals surface area (Å²) in [5.41, 5.74) is 2.77. The Kier molecular flexibility index (Phi) is 5.68. The SMILES string of the molecule is Cc1nn(Cc2c(F)cccc2Cl)c(C)c1NC(=O)Nc1cccc(Cl)c1. The fraction of sp³-hybridized carbons (Fsp3) is 0.158. The summed E-state index contributed by atoms with van der Waals surface area (Å²) in [4.78, 5) is 12.3. The van der Waals surface area contributed by atoms with E-state index in [1.54, 1.807) is 54.9 Å². The van der Waals surface area contributed by atoms with Crippen molar-refractivity contribution in [2.45, 2.75) is 20.4 Å². The molecule has 0 spiro atoms. The number of aryl methyl sites for hydroxylation is 1. The standard InChI is InChI=1S/C19H17Cl2FN4O/c1-11-18(24-19(27)23-14-6-3-5-13(20)9-14)12(2)26(25-11)10-15-16(21)7-4-8-17(15)22/h3-9H,10H2,1-2H3,(H2,23,24,27). The molecule has 0 bridgehead atoms. The normalized spacial score (nSPS) is 10.7.